The second-order valence-corrected chi connectivity index (χ2v) is 9.73. The number of aromatic nitrogens is 2. The zero-order chi connectivity index (χ0) is 28.7. The number of carbonyl (C=O) groups is 3. The van der Waals surface area contributed by atoms with Gasteiger partial charge in [-0.1, -0.05) is 24.3 Å². The molecule has 1 atom stereocenters. The lowest BCUT2D eigenvalue weighted by Crippen LogP contribution is -2.34. The molecule has 3 rings (SSSR count). The Morgan fingerprint density at radius 1 is 1.08 bits per heavy atom. The van der Waals surface area contributed by atoms with E-state index in [1.54, 1.807) is 32.9 Å². The molecule has 208 valence electrons. The Bertz CT molecular complexity index is 1340. The van der Waals surface area contributed by atoms with E-state index in [0.717, 1.165) is 16.1 Å². The molecular formula is C26H26F3N3O6S. The number of pyridine rings is 1. The topological polar surface area (TPSA) is 117 Å². The first-order valence-corrected chi connectivity index (χ1v) is 12.6. The monoisotopic (exact) mass is 565 g/mol. The van der Waals surface area contributed by atoms with Gasteiger partial charge in [0, 0.05) is 18.2 Å². The Kier molecular flexibility index (Phi) is 9.76. The van der Waals surface area contributed by atoms with Crippen LogP contribution in [0.25, 0.3) is 10.6 Å². The van der Waals surface area contributed by atoms with Crippen LogP contribution in [-0.4, -0.2) is 46.2 Å². The maximum atomic E-state index is 12.9. The van der Waals surface area contributed by atoms with Gasteiger partial charge in [-0.05, 0) is 51.0 Å². The minimum Gasteiger partial charge on any atom is -0.363 e. The summed E-state index contributed by atoms with van der Waals surface area (Å²) in [6.07, 6.45) is -5.84. The molecule has 39 heavy (non-hydrogen) atoms. The van der Waals surface area contributed by atoms with Gasteiger partial charge < -0.3 is 10.1 Å². The zero-order valence-corrected chi connectivity index (χ0v) is 22.3. The molecule has 0 fully saturated rings. The van der Waals surface area contributed by atoms with Crippen LogP contribution in [0.4, 0.5) is 13.2 Å². The highest BCUT2D eigenvalue weighted by atomic mass is 32.1. The number of ether oxygens (including phenoxy) is 1. The molecule has 0 aliphatic rings. The summed E-state index contributed by atoms with van der Waals surface area (Å²) in [7, 11) is 0. The molecule has 1 N–H and O–H groups in total. The number of nitrogens with zero attached hydrogens (tertiary/aromatic N) is 2. The van der Waals surface area contributed by atoms with Gasteiger partial charge in [0.2, 0.25) is 0 Å². The van der Waals surface area contributed by atoms with Crippen LogP contribution in [0, 0.1) is 13.8 Å². The van der Waals surface area contributed by atoms with E-state index >= 15 is 0 Å². The number of aryl methyl sites for hydroxylation is 2. The largest absolute Gasteiger partial charge is 0.495 e. The van der Waals surface area contributed by atoms with Crippen LogP contribution in [0.15, 0.2) is 42.6 Å². The van der Waals surface area contributed by atoms with Crippen molar-refractivity contribution < 1.29 is 42.1 Å². The van der Waals surface area contributed by atoms with Crippen LogP contribution in [0.2, 0.25) is 0 Å². The standard InChI is InChI=1S/C26H26F3N3O6S/c1-14(2)36-20(24(34)37-38-25(35)26(27,28)29)12-17-9-10-30-18(11-17)13-31-22(33)21-16(4)32-23(39-21)19-8-6-5-7-15(19)3/h5-11,14,20H,12-13H2,1-4H3,(H,31,33). The first kappa shape index (κ1) is 29.7. The fourth-order valence-electron chi connectivity index (χ4n) is 3.45. The van der Waals surface area contributed by atoms with E-state index in [-0.39, 0.29) is 18.9 Å². The van der Waals surface area contributed by atoms with Gasteiger partial charge in [0.25, 0.3) is 5.91 Å². The smallest absolute Gasteiger partial charge is 0.363 e. The molecule has 13 heteroatoms. The third kappa shape index (κ3) is 8.32. The number of halogens is 3. The summed E-state index contributed by atoms with van der Waals surface area (Å²) in [5.74, 6) is -4.30. The van der Waals surface area contributed by atoms with Crippen molar-refractivity contribution in [3.63, 3.8) is 0 Å². The van der Waals surface area contributed by atoms with Crippen LogP contribution < -0.4 is 5.32 Å². The van der Waals surface area contributed by atoms with E-state index in [2.05, 4.69) is 25.1 Å². The normalized spacial score (nSPS) is 12.2. The average molecular weight is 566 g/mol. The molecule has 3 aromatic rings. The first-order valence-electron chi connectivity index (χ1n) is 11.8. The summed E-state index contributed by atoms with van der Waals surface area (Å²) in [5.41, 5.74) is 3.57. The SMILES string of the molecule is Cc1ccccc1-c1nc(C)c(C(=O)NCc2cc(CC(OC(C)C)C(=O)OOC(=O)C(F)(F)F)ccn2)s1. The second kappa shape index (κ2) is 12.8. The van der Waals surface area contributed by atoms with E-state index in [0.29, 0.717) is 21.8 Å². The van der Waals surface area contributed by atoms with Gasteiger partial charge in [0.1, 0.15) is 9.88 Å². The van der Waals surface area contributed by atoms with Crippen molar-refractivity contribution in [1.82, 2.24) is 15.3 Å². The van der Waals surface area contributed by atoms with E-state index in [1.807, 2.05) is 31.2 Å². The Hall–Kier alpha value is -3.84. The lowest BCUT2D eigenvalue weighted by Gasteiger charge is -2.18. The molecule has 1 aromatic carbocycles. The van der Waals surface area contributed by atoms with Crippen LogP contribution in [0.5, 0.6) is 0 Å². The summed E-state index contributed by atoms with van der Waals surface area (Å²) in [6.45, 7) is 7.01. The molecule has 2 aromatic heterocycles. The van der Waals surface area contributed by atoms with Gasteiger partial charge >= 0.3 is 18.1 Å². The molecule has 0 saturated heterocycles. The Morgan fingerprint density at radius 3 is 2.46 bits per heavy atom. The van der Waals surface area contributed by atoms with E-state index < -0.39 is 30.3 Å². The van der Waals surface area contributed by atoms with E-state index in [4.69, 9.17) is 4.74 Å². The molecular weight excluding hydrogens is 539 g/mol. The number of hydrogen-bond donors (Lipinski definition) is 1. The second-order valence-electron chi connectivity index (χ2n) is 8.74. The Labute approximate surface area is 226 Å². The van der Waals surface area contributed by atoms with Crippen LogP contribution in [0.1, 0.15) is 46.0 Å². The predicted molar refractivity (Wildman–Crippen MR) is 134 cm³/mol. The molecule has 0 spiro atoms. The van der Waals surface area contributed by atoms with Crippen LogP contribution in [-0.2, 0) is 37.1 Å². The maximum Gasteiger partial charge on any atom is 0.495 e. The third-order valence-corrected chi connectivity index (χ3v) is 6.43. The fraction of sp³-hybridized carbons (Fsp3) is 0.346. The maximum absolute atomic E-state index is 12.9. The predicted octanol–water partition coefficient (Wildman–Crippen LogP) is 4.65. The lowest BCUT2D eigenvalue weighted by molar-refractivity contribution is -0.290. The molecule has 9 nitrogen and oxygen atoms in total. The number of amides is 1. The molecule has 0 saturated carbocycles. The Balaban J connectivity index is 1.65. The summed E-state index contributed by atoms with van der Waals surface area (Å²) >= 11 is 1.28. The molecule has 0 radical (unpaired) electrons. The number of carbonyl (C=O) groups excluding carboxylic acids is 3. The van der Waals surface area contributed by atoms with Gasteiger partial charge in [0.15, 0.2) is 6.10 Å². The summed E-state index contributed by atoms with van der Waals surface area (Å²) < 4.78 is 42.4. The van der Waals surface area contributed by atoms with Crippen molar-refractivity contribution in [2.24, 2.45) is 0 Å². The van der Waals surface area contributed by atoms with E-state index in [1.165, 1.54) is 17.5 Å². The highest BCUT2D eigenvalue weighted by Gasteiger charge is 2.43. The summed E-state index contributed by atoms with van der Waals surface area (Å²) in [6, 6.07) is 10.9. The van der Waals surface area contributed by atoms with Crippen molar-refractivity contribution >= 4 is 29.2 Å². The van der Waals surface area contributed by atoms with Crippen LogP contribution in [0.3, 0.4) is 0 Å². The first-order chi connectivity index (χ1) is 18.3. The summed E-state index contributed by atoms with van der Waals surface area (Å²) in [5, 5.41) is 3.54. The Morgan fingerprint density at radius 2 is 1.79 bits per heavy atom. The average Bonchev–Trinajstić information content (AvgIpc) is 3.26. The van der Waals surface area contributed by atoms with Crippen molar-refractivity contribution in [1.29, 1.82) is 0 Å². The molecule has 0 aliphatic carbocycles. The number of benzene rings is 1. The number of thiazole rings is 1. The number of alkyl halides is 3. The highest BCUT2D eigenvalue weighted by molar-refractivity contribution is 7.17. The fourth-order valence-corrected chi connectivity index (χ4v) is 4.52. The minimum absolute atomic E-state index is 0.0626. The van der Waals surface area contributed by atoms with Crippen molar-refractivity contribution in [3.8, 4) is 10.6 Å². The van der Waals surface area contributed by atoms with Gasteiger partial charge in [-0.25, -0.2) is 24.3 Å². The zero-order valence-electron chi connectivity index (χ0n) is 21.5. The molecule has 0 aliphatic heterocycles. The lowest BCUT2D eigenvalue weighted by atomic mass is 10.1. The van der Waals surface area contributed by atoms with Gasteiger partial charge in [-0.15, -0.1) is 11.3 Å². The number of hydrogen-bond acceptors (Lipinski definition) is 9. The minimum atomic E-state index is -5.32. The van der Waals surface area contributed by atoms with Crippen molar-refractivity contribution in [3.05, 3.63) is 70.0 Å². The highest BCUT2D eigenvalue weighted by Crippen LogP contribution is 2.30. The van der Waals surface area contributed by atoms with Crippen molar-refractivity contribution in [2.45, 2.75) is 59.0 Å². The van der Waals surface area contributed by atoms with Gasteiger partial charge in [-0.3, -0.25) is 9.78 Å². The molecule has 2 heterocycles. The number of rotatable bonds is 9. The number of nitrogens with one attached hydrogen (secondary N) is 1. The molecule has 1 unspecified atom stereocenters. The molecule has 0 bridgehead atoms. The van der Waals surface area contributed by atoms with Gasteiger partial charge in [-0.2, -0.15) is 13.2 Å². The van der Waals surface area contributed by atoms with E-state index in [9.17, 15) is 27.6 Å². The van der Waals surface area contributed by atoms with Gasteiger partial charge in [0.05, 0.1) is 24.0 Å². The molecule has 1 amide bonds. The quantitative estimate of drug-likeness (QED) is 0.294. The summed E-state index contributed by atoms with van der Waals surface area (Å²) in [4.78, 5) is 52.8. The van der Waals surface area contributed by atoms with Crippen molar-refractivity contribution in [2.75, 3.05) is 0 Å². The van der Waals surface area contributed by atoms with Crippen LogP contribution >= 0.6 is 11.3 Å². The third-order valence-electron chi connectivity index (χ3n) is 5.24.